The number of nitrogens with zero attached hydrogens (tertiary/aromatic N) is 4. The molecule has 7 nitrogen and oxygen atoms in total. The van der Waals surface area contributed by atoms with E-state index in [0.717, 1.165) is 71.8 Å². The number of nitrogens with one attached hydrogen (secondary N) is 1. The minimum Gasteiger partial charge on any atom is -0.496 e. The van der Waals surface area contributed by atoms with Crippen molar-refractivity contribution >= 4 is 16.9 Å². The molecule has 1 fully saturated rings. The first-order valence-corrected chi connectivity index (χ1v) is 11.3. The first-order valence-electron chi connectivity index (χ1n) is 11.3. The number of amides is 1. The van der Waals surface area contributed by atoms with Gasteiger partial charge in [0.25, 0.3) is 5.91 Å². The average Bonchev–Trinajstić information content (AvgIpc) is 3.31. The number of piperazine rings is 1. The predicted molar refractivity (Wildman–Crippen MR) is 129 cm³/mol. The molecular weight excluding hydrogens is 414 g/mol. The number of carbonyl (C=O) groups is 1. The second-order valence-electron chi connectivity index (χ2n) is 8.21. The number of H-pyrrole nitrogens is 1. The Labute approximate surface area is 193 Å². The summed E-state index contributed by atoms with van der Waals surface area (Å²) in [6.45, 7) is 6.49. The quantitative estimate of drug-likeness (QED) is 0.505. The van der Waals surface area contributed by atoms with Crippen LogP contribution < -0.4 is 4.74 Å². The number of methoxy groups -OCH3 is 1. The van der Waals surface area contributed by atoms with Gasteiger partial charge in [-0.25, -0.2) is 4.98 Å². The van der Waals surface area contributed by atoms with Gasteiger partial charge < -0.3 is 19.5 Å². The number of pyridine rings is 2. The molecule has 0 saturated carbocycles. The Morgan fingerprint density at radius 2 is 1.82 bits per heavy atom. The minimum absolute atomic E-state index is 0.0329. The zero-order valence-electron chi connectivity index (χ0n) is 18.9. The highest BCUT2D eigenvalue weighted by molar-refractivity contribution is 5.98. The van der Waals surface area contributed by atoms with E-state index in [-0.39, 0.29) is 5.91 Å². The standard InChI is InChI=1S/C26H27N5O2/c1-3-30-8-10-31(11-9-30)26(32)20-12-18(14-27-15-20)19-13-22-23(17-29-25(22)28-16-19)21-6-4-5-7-24(21)33-2/h4-7,12-17H,3,8-11H2,1-2H3,(H,28,29). The number of aromatic nitrogens is 3. The maximum atomic E-state index is 13.1. The zero-order valence-corrected chi connectivity index (χ0v) is 18.9. The summed E-state index contributed by atoms with van der Waals surface area (Å²) >= 11 is 0. The third kappa shape index (κ3) is 4.07. The zero-order chi connectivity index (χ0) is 22.8. The van der Waals surface area contributed by atoms with E-state index in [2.05, 4.69) is 32.8 Å². The van der Waals surface area contributed by atoms with Crippen LogP contribution >= 0.6 is 0 Å². The van der Waals surface area contributed by atoms with E-state index in [1.165, 1.54) is 0 Å². The molecule has 0 aliphatic carbocycles. The fourth-order valence-electron chi connectivity index (χ4n) is 4.42. The molecule has 0 spiro atoms. The van der Waals surface area contributed by atoms with Crippen LogP contribution in [0.5, 0.6) is 5.75 Å². The third-order valence-electron chi connectivity index (χ3n) is 6.35. The topological polar surface area (TPSA) is 74.4 Å². The molecule has 3 aromatic heterocycles. The fourth-order valence-corrected chi connectivity index (χ4v) is 4.42. The summed E-state index contributed by atoms with van der Waals surface area (Å²) in [4.78, 5) is 29.6. The number of ether oxygens (including phenoxy) is 1. The van der Waals surface area contributed by atoms with Crippen LogP contribution in [0.4, 0.5) is 0 Å². The van der Waals surface area contributed by atoms with Crippen LogP contribution in [0.15, 0.2) is 61.2 Å². The van der Waals surface area contributed by atoms with Crippen LogP contribution in [0.2, 0.25) is 0 Å². The molecule has 33 heavy (non-hydrogen) atoms. The summed E-state index contributed by atoms with van der Waals surface area (Å²) in [5.74, 6) is 0.840. The van der Waals surface area contributed by atoms with Gasteiger partial charge in [-0.3, -0.25) is 9.78 Å². The molecule has 7 heteroatoms. The minimum atomic E-state index is 0.0329. The van der Waals surface area contributed by atoms with E-state index < -0.39 is 0 Å². The molecule has 0 radical (unpaired) electrons. The van der Waals surface area contributed by atoms with Gasteiger partial charge in [0.2, 0.25) is 0 Å². The second-order valence-corrected chi connectivity index (χ2v) is 8.21. The predicted octanol–water partition coefficient (Wildman–Crippen LogP) is 4.08. The molecule has 168 valence electrons. The van der Waals surface area contributed by atoms with E-state index in [1.807, 2.05) is 47.6 Å². The van der Waals surface area contributed by atoms with Crippen LogP contribution in [-0.2, 0) is 0 Å². The largest absolute Gasteiger partial charge is 0.496 e. The molecule has 1 amide bonds. The number of likely N-dealkylation sites (N-methyl/N-ethyl adjacent to an activating group) is 1. The van der Waals surface area contributed by atoms with Gasteiger partial charge in [0.1, 0.15) is 11.4 Å². The summed E-state index contributed by atoms with van der Waals surface area (Å²) < 4.78 is 5.56. The van der Waals surface area contributed by atoms with E-state index in [1.54, 1.807) is 19.5 Å². The number of fused-ring (bicyclic) bond motifs is 1. The van der Waals surface area contributed by atoms with Gasteiger partial charge in [-0.2, -0.15) is 0 Å². The highest BCUT2D eigenvalue weighted by atomic mass is 16.5. The maximum absolute atomic E-state index is 13.1. The first kappa shape index (κ1) is 21.2. The smallest absolute Gasteiger partial charge is 0.255 e. The molecule has 4 aromatic rings. The van der Waals surface area contributed by atoms with Crippen LogP contribution in [-0.4, -0.2) is 70.5 Å². The Hall–Kier alpha value is -3.71. The van der Waals surface area contributed by atoms with Crippen LogP contribution in [0.25, 0.3) is 33.3 Å². The van der Waals surface area contributed by atoms with Crippen molar-refractivity contribution in [1.29, 1.82) is 0 Å². The van der Waals surface area contributed by atoms with Crippen molar-refractivity contribution in [2.75, 3.05) is 39.8 Å². The molecule has 1 aliphatic rings. The number of aromatic amines is 1. The Morgan fingerprint density at radius 3 is 2.61 bits per heavy atom. The SMILES string of the molecule is CCN1CCN(C(=O)c2cncc(-c3cnc4[nH]cc(-c5ccccc5OC)c4c3)c2)CC1. The highest BCUT2D eigenvalue weighted by Gasteiger charge is 2.22. The van der Waals surface area contributed by atoms with E-state index in [9.17, 15) is 4.79 Å². The van der Waals surface area contributed by atoms with Crippen LogP contribution in [0.1, 0.15) is 17.3 Å². The van der Waals surface area contributed by atoms with Crippen LogP contribution in [0.3, 0.4) is 0 Å². The molecule has 1 N–H and O–H groups in total. The first-order chi connectivity index (χ1) is 16.2. The number of rotatable bonds is 5. The van der Waals surface area contributed by atoms with Crippen molar-refractivity contribution in [2.24, 2.45) is 0 Å². The molecule has 5 rings (SSSR count). The summed E-state index contributed by atoms with van der Waals surface area (Å²) in [7, 11) is 1.67. The highest BCUT2D eigenvalue weighted by Crippen LogP contribution is 2.36. The third-order valence-corrected chi connectivity index (χ3v) is 6.35. The lowest BCUT2D eigenvalue weighted by atomic mass is 10.0. The molecule has 1 saturated heterocycles. The number of hydrogen-bond donors (Lipinski definition) is 1. The molecule has 0 atom stereocenters. The second kappa shape index (κ2) is 9.03. The molecule has 0 unspecified atom stereocenters. The fraction of sp³-hybridized carbons (Fsp3) is 0.269. The average molecular weight is 442 g/mol. The number of benzene rings is 1. The van der Waals surface area contributed by atoms with Gasteiger partial charge in [-0.05, 0) is 24.7 Å². The monoisotopic (exact) mass is 441 g/mol. The molecule has 4 heterocycles. The van der Waals surface area contributed by atoms with Crippen molar-refractivity contribution in [3.63, 3.8) is 0 Å². The van der Waals surface area contributed by atoms with E-state index in [4.69, 9.17) is 4.74 Å². The van der Waals surface area contributed by atoms with Gasteiger partial charge in [-0.1, -0.05) is 25.1 Å². The summed E-state index contributed by atoms with van der Waals surface area (Å²) in [6, 6.07) is 11.9. The van der Waals surface area contributed by atoms with Gasteiger partial charge in [-0.15, -0.1) is 0 Å². The van der Waals surface area contributed by atoms with Crippen molar-refractivity contribution < 1.29 is 9.53 Å². The number of carbonyl (C=O) groups excluding carboxylic acids is 1. The van der Waals surface area contributed by atoms with Crippen LogP contribution in [0, 0.1) is 0 Å². The maximum Gasteiger partial charge on any atom is 0.255 e. The molecule has 0 bridgehead atoms. The normalized spacial score (nSPS) is 14.5. The Morgan fingerprint density at radius 1 is 1.03 bits per heavy atom. The lowest BCUT2D eigenvalue weighted by Gasteiger charge is -2.34. The van der Waals surface area contributed by atoms with Gasteiger partial charge in [0.15, 0.2) is 0 Å². The Kier molecular flexibility index (Phi) is 5.79. The molecule has 1 aromatic carbocycles. The lowest BCUT2D eigenvalue weighted by Crippen LogP contribution is -2.48. The van der Waals surface area contributed by atoms with Gasteiger partial charge in [0, 0.05) is 78.6 Å². The molecule has 1 aliphatic heterocycles. The van der Waals surface area contributed by atoms with Crippen molar-refractivity contribution in [1.82, 2.24) is 24.8 Å². The summed E-state index contributed by atoms with van der Waals surface area (Å²) in [6.07, 6.45) is 7.20. The summed E-state index contributed by atoms with van der Waals surface area (Å²) in [5, 5.41) is 0.990. The van der Waals surface area contributed by atoms with E-state index >= 15 is 0 Å². The van der Waals surface area contributed by atoms with Gasteiger partial charge in [0.05, 0.1) is 12.7 Å². The van der Waals surface area contributed by atoms with E-state index in [0.29, 0.717) is 5.56 Å². The van der Waals surface area contributed by atoms with Crippen molar-refractivity contribution in [2.45, 2.75) is 6.92 Å². The number of hydrogen-bond acceptors (Lipinski definition) is 5. The Balaban J connectivity index is 1.47. The lowest BCUT2D eigenvalue weighted by molar-refractivity contribution is 0.0643. The Bertz CT molecular complexity index is 1290. The summed E-state index contributed by atoms with van der Waals surface area (Å²) in [5.41, 5.74) is 5.21. The van der Waals surface area contributed by atoms with Gasteiger partial charge >= 0.3 is 0 Å². The van der Waals surface area contributed by atoms with Crippen molar-refractivity contribution in [3.05, 3.63) is 66.7 Å². The number of para-hydroxylation sites is 1. The molecular formula is C26H27N5O2. The van der Waals surface area contributed by atoms with Crippen molar-refractivity contribution in [3.8, 4) is 28.0 Å².